The van der Waals surface area contributed by atoms with Crippen LogP contribution in [0, 0.1) is 10.8 Å². The molecule has 0 radical (unpaired) electrons. The summed E-state index contributed by atoms with van der Waals surface area (Å²) >= 11 is 0. The molecule has 0 amide bonds. The maximum Gasteiger partial charge on any atom is 0.00367 e. The summed E-state index contributed by atoms with van der Waals surface area (Å²) in [6, 6.07) is 0. The van der Waals surface area contributed by atoms with Crippen molar-refractivity contribution in [2.45, 2.75) is 34.1 Å². The second-order valence-corrected chi connectivity index (χ2v) is 5.92. The van der Waals surface area contributed by atoms with Crippen molar-refractivity contribution in [3.8, 4) is 0 Å². The summed E-state index contributed by atoms with van der Waals surface area (Å²) in [6.45, 7) is 8.98. The van der Waals surface area contributed by atoms with Crippen molar-refractivity contribution in [2.24, 2.45) is 10.8 Å². The van der Waals surface area contributed by atoms with Crippen molar-refractivity contribution in [1.29, 1.82) is 0 Å². The summed E-state index contributed by atoms with van der Waals surface area (Å²) in [7, 11) is 0. The monoisotopic (exact) mass is 226 g/mol. The second-order valence-electron chi connectivity index (χ2n) is 5.92. The first kappa shape index (κ1) is 12.2. The molecular formula is C17H22. The molecule has 0 heterocycles. The van der Waals surface area contributed by atoms with E-state index < -0.39 is 0 Å². The van der Waals surface area contributed by atoms with Gasteiger partial charge in [-0.15, -0.1) is 0 Å². The van der Waals surface area contributed by atoms with E-state index in [-0.39, 0.29) is 10.8 Å². The highest BCUT2D eigenvalue weighted by atomic mass is 14.2. The lowest BCUT2D eigenvalue weighted by molar-refractivity contribution is 0.531. The van der Waals surface area contributed by atoms with Crippen molar-refractivity contribution >= 4 is 0 Å². The predicted molar refractivity (Wildman–Crippen MR) is 75.8 cm³/mol. The van der Waals surface area contributed by atoms with Crippen molar-refractivity contribution in [1.82, 2.24) is 0 Å². The van der Waals surface area contributed by atoms with Crippen molar-refractivity contribution in [3.63, 3.8) is 0 Å². The van der Waals surface area contributed by atoms with Crippen LogP contribution in [0.5, 0.6) is 0 Å². The van der Waals surface area contributed by atoms with Gasteiger partial charge in [-0.05, 0) is 17.6 Å². The maximum absolute atomic E-state index is 2.32. The van der Waals surface area contributed by atoms with Crippen LogP contribution in [-0.2, 0) is 0 Å². The molecule has 0 aliphatic heterocycles. The van der Waals surface area contributed by atoms with Crippen LogP contribution in [0.3, 0.4) is 0 Å². The molecule has 0 saturated carbocycles. The topological polar surface area (TPSA) is 0 Å². The summed E-state index contributed by atoms with van der Waals surface area (Å²) in [4.78, 5) is 0. The Morgan fingerprint density at radius 1 is 0.765 bits per heavy atom. The zero-order chi connectivity index (χ0) is 12.5. The van der Waals surface area contributed by atoms with Gasteiger partial charge in [0, 0.05) is 10.8 Å². The Bertz CT molecular complexity index is 414. The first-order valence-corrected chi connectivity index (χ1v) is 6.45. The van der Waals surface area contributed by atoms with Gasteiger partial charge in [0.25, 0.3) is 0 Å². The zero-order valence-electron chi connectivity index (χ0n) is 11.3. The van der Waals surface area contributed by atoms with E-state index >= 15 is 0 Å². The van der Waals surface area contributed by atoms with Crippen LogP contribution in [0.25, 0.3) is 0 Å². The highest BCUT2D eigenvalue weighted by Crippen LogP contribution is 2.33. The van der Waals surface area contributed by atoms with Gasteiger partial charge in [-0.2, -0.15) is 0 Å². The van der Waals surface area contributed by atoms with Gasteiger partial charge >= 0.3 is 0 Å². The van der Waals surface area contributed by atoms with E-state index in [0.717, 1.165) is 6.42 Å². The molecule has 0 bridgehead atoms. The number of hydrogen-bond acceptors (Lipinski definition) is 0. The third-order valence-corrected chi connectivity index (χ3v) is 3.77. The Kier molecular flexibility index (Phi) is 2.99. The molecule has 0 nitrogen and oxygen atoms in total. The van der Waals surface area contributed by atoms with Gasteiger partial charge in [-0.25, -0.2) is 0 Å². The largest absolute Gasteiger partial charge is 0.0745 e. The molecule has 0 aromatic heterocycles. The van der Waals surface area contributed by atoms with E-state index in [1.807, 2.05) is 0 Å². The molecule has 0 saturated heterocycles. The Morgan fingerprint density at radius 3 is 1.59 bits per heavy atom. The zero-order valence-corrected chi connectivity index (χ0v) is 11.3. The van der Waals surface area contributed by atoms with Gasteiger partial charge in [-0.3, -0.25) is 0 Å². The van der Waals surface area contributed by atoms with E-state index in [1.54, 1.807) is 0 Å². The van der Waals surface area contributed by atoms with Crippen LogP contribution in [-0.4, -0.2) is 0 Å². The number of allylic oxidation sites excluding steroid dienone is 10. The molecule has 0 aromatic carbocycles. The fourth-order valence-corrected chi connectivity index (χ4v) is 2.01. The Morgan fingerprint density at radius 2 is 1.18 bits per heavy atom. The molecule has 0 atom stereocenters. The average Bonchev–Trinajstić information content (AvgIpc) is 2.53. The molecule has 0 aromatic rings. The van der Waals surface area contributed by atoms with Crippen LogP contribution in [0.15, 0.2) is 59.8 Å². The van der Waals surface area contributed by atoms with Gasteiger partial charge in [0.05, 0.1) is 0 Å². The number of hydrogen-bond donors (Lipinski definition) is 0. The molecular weight excluding hydrogens is 204 g/mol. The molecule has 0 fully saturated rings. The first-order valence-electron chi connectivity index (χ1n) is 6.45. The van der Waals surface area contributed by atoms with Crippen LogP contribution >= 0.6 is 0 Å². The molecule has 0 spiro atoms. The van der Waals surface area contributed by atoms with E-state index in [1.165, 1.54) is 11.1 Å². The SMILES string of the molecule is CCC1(C)C=CC2=C(C=CC(C)(C)C=C2)C=C1. The highest BCUT2D eigenvalue weighted by Gasteiger charge is 2.18. The Labute approximate surface area is 105 Å². The summed E-state index contributed by atoms with van der Waals surface area (Å²) in [5, 5.41) is 0. The van der Waals surface area contributed by atoms with Gasteiger partial charge in [0.1, 0.15) is 0 Å². The summed E-state index contributed by atoms with van der Waals surface area (Å²) < 4.78 is 0. The van der Waals surface area contributed by atoms with E-state index in [4.69, 9.17) is 0 Å². The smallest absolute Gasteiger partial charge is 0.00367 e. The standard InChI is InChI=1S/C17H22/c1-5-17(4)12-8-14-6-10-16(2,3)11-7-15(14)9-13-17/h6-13H,5H2,1-4H3. The number of rotatable bonds is 1. The van der Waals surface area contributed by atoms with E-state index in [2.05, 4.69) is 76.3 Å². The fourth-order valence-electron chi connectivity index (χ4n) is 2.01. The predicted octanol–water partition coefficient (Wildman–Crippen LogP) is 4.98. The Hall–Kier alpha value is -1.30. The molecule has 17 heavy (non-hydrogen) atoms. The summed E-state index contributed by atoms with van der Waals surface area (Å²) in [5.74, 6) is 0. The average molecular weight is 226 g/mol. The van der Waals surface area contributed by atoms with Crippen LogP contribution in [0.1, 0.15) is 34.1 Å². The van der Waals surface area contributed by atoms with E-state index in [0.29, 0.717) is 0 Å². The minimum absolute atomic E-state index is 0.155. The van der Waals surface area contributed by atoms with E-state index in [9.17, 15) is 0 Å². The molecule has 0 N–H and O–H groups in total. The Balaban J connectivity index is 2.40. The van der Waals surface area contributed by atoms with Gasteiger partial charge in [0.15, 0.2) is 0 Å². The summed E-state index contributed by atoms with van der Waals surface area (Å²) in [6.07, 6.45) is 19.4. The normalized spacial score (nSPS) is 24.5. The molecule has 2 aliphatic rings. The lowest BCUT2D eigenvalue weighted by atomic mass is 9.87. The van der Waals surface area contributed by atoms with Crippen LogP contribution < -0.4 is 0 Å². The summed E-state index contributed by atoms with van der Waals surface area (Å²) in [5.41, 5.74) is 2.99. The molecule has 0 heteroatoms. The minimum Gasteiger partial charge on any atom is -0.0745 e. The van der Waals surface area contributed by atoms with Gasteiger partial charge in [0.2, 0.25) is 0 Å². The molecule has 2 rings (SSSR count). The molecule has 0 unspecified atom stereocenters. The minimum atomic E-state index is 0.155. The first-order chi connectivity index (χ1) is 7.94. The quantitative estimate of drug-likeness (QED) is 0.591. The molecule has 2 aliphatic carbocycles. The van der Waals surface area contributed by atoms with Crippen LogP contribution in [0.2, 0.25) is 0 Å². The lowest BCUT2D eigenvalue weighted by Gasteiger charge is -2.18. The third kappa shape index (κ3) is 2.69. The maximum atomic E-state index is 2.32. The van der Waals surface area contributed by atoms with Crippen molar-refractivity contribution < 1.29 is 0 Å². The second kappa shape index (κ2) is 4.18. The van der Waals surface area contributed by atoms with Crippen LogP contribution in [0.4, 0.5) is 0 Å². The third-order valence-electron chi connectivity index (χ3n) is 3.77. The molecule has 90 valence electrons. The highest BCUT2D eigenvalue weighted by molar-refractivity contribution is 5.51. The fraction of sp³-hybridized carbons (Fsp3) is 0.412. The van der Waals surface area contributed by atoms with Crippen molar-refractivity contribution in [2.75, 3.05) is 0 Å². The van der Waals surface area contributed by atoms with Crippen molar-refractivity contribution in [3.05, 3.63) is 59.8 Å². The van der Waals surface area contributed by atoms with Gasteiger partial charge < -0.3 is 0 Å². The lowest BCUT2D eigenvalue weighted by Crippen LogP contribution is -2.06. The van der Waals surface area contributed by atoms with Gasteiger partial charge in [-0.1, -0.05) is 76.3 Å².